The van der Waals surface area contributed by atoms with Crippen LogP contribution in [-0.2, 0) is 6.54 Å². The van der Waals surface area contributed by atoms with Crippen LogP contribution in [0.15, 0.2) is 28.9 Å². The predicted octanol–water partition coefficient (Wildman–Crippen LogP) is 0.391. The van der Waals surface area contributed by atoms with E-state index in [0.717, 1.165) is 11.3 Å². The zero-order valence-electron chi connectivity index (χ0n) is 7.64. The van der Waals surface area contributed by atoms with E-state index in [9.17, 15) is 9.59 Å². The molecule has 0 saturated carbocycles. The number of amides is 1. The topological polar surface area (TPSA) is 79.8 Å². The van der Waals surface area contributed by atoms with E-state index in [4.69, 9.17) is 0 Å². The van der Waals surface area contributed by atoms with Crippen LogP contribution < -0.4 is 10.2 Å². The fourth-order valence-electron chi connectivity index (χ4n) is 1.04. The molecule has 0 aromatic carbocycles. The molecule has 0 radical (unpaired) electrons. The Morgan fingerprint density at radius 3 is 3.13 bits per heavy atom. The van der Waals surface area contributed by atoms with Crippen molar-refractivity contribution in [1.82, 2.24) is 19.9 Å². The molecule has 15 heavy (non-hydrogen) atoms. The number of aromatic amines is 1. The lowest BCUT2D eigenvalue weighted by Crippen LogP contribution is -2.27. The van der Waals surface area contributed by atoms with E-state index in [2.05, 4.69) is 15.3 Å². The highest BCUT2D eigenvalue weighted by molar-refractivity contribution is 7.07. The van der Waals surface area contributed by atoms with Crippen LogP contribution >= 0.6 is 11.3 Å². The number of rotatable bonds is 2. The van der Waals surface area contributed by atoms with Crippen molar-refractivity contribution in [3.05, 3.63) is 39.5 Å². The second-order valence-electron chi connectivity index (χ2n) is 2.80. The minimum absolute atomic E-state index is 0.123. The van der Waals surface area contributed by atoms with Gasteiger partial charge < -0.3 is 10.3 Å². The van der Waals surface area contributed by atoms with Crippen LogP contribution in [0.3, 0.4) is 0 Å². The van der Waals surface area contributed by atoms with Crippen molar-refractivity contribution in [1.29, 1.82) is 0 Å². The first-order valence-corrected chi connectivity index (χ1v) is 5.06. The molecule has 0 aliphatic carbocycles. The van der Waals surface area contributed by atoms with Crippen LogP contribution in [0.25, 0.3) is 0 Å². The summed E-state index contributed by atoms with van der Waals surface area (Å²) in [5, 5.41) is 4.31. The largest absolute Gasteiger partial charge is 0.332 e. The first kappa shape index (κ1) is 9.66. The minimum Gasteiger partial charge on any atom is -0.332 e. The Bertz CT molecular complexity index is 499. The number of aromatic nitrogens is 3. The number of hydrogen-bond donors (Lipinski definition) is 2. The van der Waals surface area contributed by atoms with Crippen LogP contribution in [0.2, 0.25) is 0 Å². The van der Waals surface area contributed by atoms with Gasteiger partial charge in [-0.15, -0.1) is 0 Å². The molecule has 0 spiro atoms. The molecule has 2 N–H and O–H groups in total. The number of carbonyl (C=O) groups excluding carboxylic acids is 1. The quantitative estimate of drug-likeness (QED) is 0.774. The summed E-state index contributed by atoms with van der Waals surface area (Å²) < 4.78 is 1.32. The molecule has 0 unspecified atom stereocenters. The summed E-state index contributed by atoms with van der Waals surface area (Å²) in [6.45, 7) is 0.301. The van der Waals surface area contributed by atoms with E-state index in [1.165, 1.54) is 17.1 Å². The molecule has 2 aromatic rings. The number of H-pyrrole nitrogens is 1. The number of thiazole rings is 1. The normalized spacial score (nSPS) is 10.1. The van der Waals surface area contributed by atoms with Gasteiger partial charge in [-0.3, -0.25) is 9.36 Å². The third kappa shape index (κ3) is 2.32. The van der Waals surface area contributed by atoms with E-state index < -0.39 is 0 Å². The molecule has 6 nitrogen and oxygen atoms in total. The highest BCUT2D eigenvalue weighted by atomic mass is 32.1. The Morgan fingerprint density at radius 1 is 1.67 bits per heavy atom. The molecule has 1 amide bonds. The molecule has 0 fully saturated rings. The van der Waals surface area contributed by atoms with Gasteiger partial charge in [0.25, 0.3) is 0 Å². The molecule has 0 aliphatic rings. The first-order valence-electron chi connectivity index (χ1n) is 4.18. The predicted molar refractivity (Wildman–Crippen MR) is 54.8 cm³/mol. The van der Waals surface area contributed by atoms with Crippen molar-refractivity contribution < 1.29 is 4.79 Å². The van der Waals surface area contributed by atoms with Crippen LogP contribution in [0, 0.1) is 0 Å². The van der Waals surface area contributed by atoms with Crippen LogP contribution in [-0.4, -0.2) is 20.6 Å². The molecule has 2 heterocycles. The van der Waals surface area contributed by atoms with Gasteiger partial charge in [-0.2, -0.15) is 0 Å². The summed E-state index contributed by atoms with van der Waals surface area (Å²) in [4.78, 5) is 28.4. The zero-order valence-corrected chi connectivity index (χ0v) is 8.45. The van der Waals surface area contributed by atoms with Crippen molar-refractivity contribution in [3.63, 3.8) is 0 Å². The summed E-state index contributed by atoms with van der Waals surface area (Å²) in [5.41, 5.74) is 0.693. The lowest BCUT2D eigenvalue weighted by Gasteiger charge is -2.02. The summed E-state index contributed by atoms with van der Waals surface area (Å²) in [7, 11) is 0. The summed E-state index contributed by atoms with van der Waals surface area (Å²) in [6.07, 6.45) is 4.48. The number of nitrogens with one attached hydrogen (secondary N) is 2. The van der Waals surface area contributed by atoms with Crippen LogP contribution in [0.1, 0.15) is 5.69 Å². The highest BCUT2D eigenvalue weighted by Gasteiger charge is 2.03. The molecule has 0 saturated heterocycles. The lowest BCUT2D eigenvalue weighted by molar-refractivity contribution is 0.242. The summed E-state index contributed by atoms with van der Waals surface area (Å²) in [6, 6.07) is -0.278. The molecule has 7 heteroatoms. The Balaban J connectivity index is 1.94. The van der Waals surface area contributed by atoms with Gasteiger partial charge in [0, 0.05) is 23.5 Å². The van der Waals surface area contributed by atoms with Crippen molar-refractivity contribution in [2.24, 2.45) is 0 Å². The van der Waals surface area contributed by atoms with Gasteiger partial charge in [-0.1, -0.05) is 11.3 Å². The Hall–Kier alpha value is -1.89. The summed E-state index contributed by atoms with van der Waals surface area (Å²) >= 11 is 1.07. The second-order valence-corrected chi connectivity index (χ2v) is 3.64. The smallest absolute Gasteiger partial charge is 0.327 e. The van der Waals surface area contributed by atoms with Gasteiger partial charge in [-0.25, -0.2) is 9.78 Å². The molecule has 2 aromatic heterocycles. The molecule has 78 valence electrons. The van der Waals surface area contributed by atoms with E-state index in [-0.39, 0.29) is 10.9 Å². The molecule has 2 rings (SSSR count). The Morgan fingerprint density at radius 2 is 2.53 bits per heavy atom. The maximum Gasteiger partial charge on any atom is 0.327 e. The fourth-order valence-corrected chi connectivity index (χ4v) is 1.62. The first-order chi connectivity index (χ1) is 7.25. The van der Waals surface area contributed by atoms with Crippen molar-refractivity contribution in [2.75, 3.05) is 0 Å². The van der Waals surface area contributed by atoms with Crippen molar-refractivity contribution in [2.45, 2.75) is 6.54 Å². The van der Waals surface area contributed by atoms with E-state index in [0.29, 0.717) is 12.2 Å². The van der Waals surface area contributed by atoms with Crippen LogP contribution in [0.4, 0.5) is 4.79 Å². The second kappa shape index (κ2) is 4.09. The summed E-state index contributed by atoms with van der Waals surface area (Å²) in [5.74, 6) is 0. The van der Waals surface area contributed by atoms with Crippen molar-refractivity contribution >= 4 is 17.4 Å². The third-order valence-electron chi connectivity index (χ3n) is 1.74. The molecular formula is C8H8N4O2S. The van der Waals surface area contributed by atoms with Crippen molar-refractivity contribution in [3.8, 4) is 0 Å². The molecular weight excluding hydrogens is 216 g/mol. The average molecular weight is 224 g/mol. The monoisotopic (exact) mass is 224 g/mol. The highest BCUT2D eigenvalue weighted by Crippen LogP contribution is 1.95. The van der Waals surface area contributed by atoms with Gasteiger partial charge in [-0.05, 0) is 0 Å². The standard InChI is InChI=1S/C8H8N4O2S/c13-7(12-2-1-9-5-12)10-3-6-4-15-8(14)11-6/h1-2,4-5H,3H2,(H,10,13)(H,11,14). The minimum atomic E-state index is -0.278. The maximum atomic E-state index is 11.4. The number of carbonyl (C=O) groups is 1. The number of nitrogens with zero attached hydrogens (tertiary/aromatic N) is 2. The van der Waals surface area contributed by atoms with Gasteiger partial charge in [0.1, 0.15) is 6.33 Å². The zero-order chi connectivity index (χ0) is 10.7. The van der Waals surface area contributed by atoms with E-state index >= 15 is 0 Å². The van der Waals surface area contributed by atoms with E-state index in [1.54, 1.807) is 11.6 Å². The van der Waals surface area contributed by atoms with Gasteiger partial charge >= 0.3 is 10.9 Å². The Kier molecular flexibility index (Phi) is 2.64. The molecule has 0 aliphatic heterocycles. The van der Waals surface area contributed by atoms with Gasteiger partial charge in [0.05, 0.1) is 6.54 Å². The molecule has 0 bridgehead atoms. The molecule has 0 atom stereocenters. The average Bonchev–Trinajstić information content (AvgIpc) is 2.84. The van der Waals surface area contributed by atoms with Crippen LogP contribution in [0.5, 0.6) is 0 Å². The van der Waals surface area contributed by atoms with E-state index in [1.807, 2.05) is 0 Å². The number of imidazole rings is 1. The maximum absolute atomic E-state index is 11.4. The number of hydrogen-bond acceptors (Lipinski definition) is 4. The van der Waals surface area contributed by atoms with Gasteiger partial charge in [0.15, 0.2) is 0 Å². The fraction of sp³-hybridized carbons (Fsp3) is 0.125. The SMILES string of the molecule is O=C(NCc1csc(=O)[nH]1)n1ccnc1. The third-order valence-corrected chi connectivity index (χ3v) is 2.46. The van der Waals surface area contributed by atoms with Gasteiger partial charge in [0.2, 0.25) is 0 Å². The lowest BCUT2D eigenvalue weighted by atomic mass is 10.5. The Labute approximate surface area is 88.6 Å².